The van der Waals surface area contributed by atoms with Gasteiger partial charge in [-0.2, -0.15) is 0 Å². The van der Waals surface area contributed by atoms with Crippen molar-refractivity contribution < 1.29 is 27.9 Å². The van der Waals surface area contributed by atoms with Crippen LogP contribution in [0.1, 0.15) is 0 Å². The fourth-order valence-electron chi connectivity index (χ4n) is 2.54. The maximum Gasteiger partial charge on any atom is 0.328 e. The van der Waals surface area contributed by atoms with Crippen molar-refractivity contribution in [1.29, 1.82) is 0 Å². The highest BCUT2D eigenvalue weighted by atomic mass is 32.2. The Bertz CT molecular complexity index is 739. The fraction of sp³-hybridized carbons (Fsp3) is 0.462. The number of amidine groups is 1. The van der Waals surface area contributed by atoms with Crippen LogP contribution in [0, 0.1) is 0 Å². The van der Waals surface area contributed by atoms with Gasteiger partial charge < -0.3 is 19.6 Å². The second-order valence-corrected chi connectivity index (χ2v) is 7.03. The maximum atomic E-state index is 12.6. The minimum absolute atomic E-state index is 0.0489. The van der Waals surface area contributed by atoms with Crippen molar-refractivity contribution in [2.75, 3.05) is 32.1 Å². The van der Waals surface area contributed by atoms with E-state index < -0.39 is 27.9 Å². The predicted octanol–water partition coefficient (Wildman–Crippen LogP) is -1.20. The predicted molar refractivity (Wildman–Crippen MR) is 79.1 cm³/mol. The lowest BCUT2D eigenvalue weighted by molar-refractivity contribution is -0.156. The van der Waals surface area contributed by atoms with Gasteiger partial charge in [0.15, 0.2) is 6.04 Å². The summed E-state index contributed by atoms with van der Waals surface area (Å²) in [6, 6.07) is -1.03. The van der Waals surface area contributed by atoms with Gasteiger partial charge in [-0.1, -0.05) is 0 Å². The van der Waals surface area contributed by atoms with E-state index in [0.29, 0.717) is 0 Å². The van der Waals surface area contributed by atoms with E-state index in [0.717, 1.165) is 0 Å². The van der Waals surface area contributed by atoms with Gasteiger partial charge in [-0.3, -0.25) is 4.79 Å². The molecule has 0 aromatic rings. The summed E-state index contributed by atoms with van der Waals surface area (Å²) < 4.78 is 31.7. The zero-order chi connectivity index (χ0) is 16.6. The summed E-state index contributed by atoms with van der Waals surface area (Å²) in [5.41, 5.74) is 0.288. The molecular weight excluding hydrogens is 326 g/mol. The Morgan fingerprint density at radius 3 is 2.83 bits per heavy atom. The van der Waals surface area contributed by atoms with Gasteiger partial charge >= 0.3 is 5.97 Å². The van der Waals surface area contributed by atoms with Crippen molar-refractivity contribution in [2.24, 2.45) is 4.40 Å². The average Bonchev–Trinajstić information content (AvgIpc) is 2.53. The van der Waals surface area contributed by atoms with E-state index in [1.54, 1.807) is 4.90 Å². The van der Waals surface area contributed by atoms with Crippen molar-refractivity contribution >= 4 is 27.7 Å². The van der Waals surface area contributed by atoms with Gasteiger partial charge in [-0.15, -0.1) is 4.40 Å². The summed E-state index contributed by atoms with van der Waals surface area (Å²) in [4.78, 5) is 26.6. The van der Waals surface area contributed by atoms with E-state index in [-0.39, 0.29) is 43.5 Å². The Morgan fingerprint density at radius 1 is 1.30 bits per heavy atom. The quantitative estimate of drug-likeness (QED) is 0.670. The molecule has 1 saturated heterocycles. The Labute approximate surface area is 132 Å². The molecule has 1 fully saturated rings. The van der Waals surface area contributed by atoms with Crippen LogP contribution in [0.5, 0.6) is 0 Å². The molecule has 0 saturated carbocycles. The van der Waals surface area contributed by atoms with Crippen molar-refractivity contribution in [3.8, 4) is 0 Å². The highest BCUT2D eigenvalue weighted by Gasteiger charge is 2.35. The van der Waals surface area contributed by atoms with Crippen LogP contribution in [0.3, 0.4) is 0 Å². The highest BCUT2D eigenvalue weighted by molar-refractivity contribution is 7.90. The van der Waals surface area contributed by atoms with E-state index in [2.05, 4.69) is 4.40 Å². The molecule has 0 aromatic carbocycles. The van der Waals surface area contributed by atoms with Crippen LogP contribution in [-0.4, -0.2) is 79.1 Å². The highest BCUT2D eigenvalue weighted by Crippen LogP contribution is 2.19. The maximum absolute atomic E-state index is 12.6. The smallest absolute Gasteiger partial charge is 0.328 e. The summed E-state index contributed by atoms with van der Waals surface area (Å²) in [7, 11) is -3.46. The van der Waals surface area contributed by atoms with Gasteiger partial charge in [-0.05, 0) is 12.2 Å². The van der Waals surface area contributed by atoms with E-state index in [1.165, 1.54) is 23.3 Å². The van der Waals surface area contributed by atoms with E-state index in [1.807, 2.05) is 0 Å². The molecule has 3 heterocycles. The molecular formula is C13H15N3O6S. The molecule has 0 radical (unpaired) electrons. The first-order chi connectivity index (χ1) is 10.9. The molecule has 0 bridgehead atoms. The summed E-state index contributed by atoms with van der Waals surface area (Å²) >= 11 is 0. The molecule has 9 nitrogen and oxygen atoms in total. The van der Waals surface area contributed by atoms with Crippen molar-refractivity contribution in [2.45, 2.75) is 6.04 Å². The zero-order valence-electron chi connectivity index (χ0n) is 12.1. The number of carboxylic acids is 1. The molecule has 3 aliphatic rings. The zero-order valence-corrected chi connectivity index (χ0v) is 12.9. The number of nitrogens with zero attached hydrogens (tertiary/aromatic N) is 3. The number of hydrogen-bond acceptors (Lipinski definition) is 6. The largest absolute Gasteiger partial charge is 0.480 e. The van der Waals surface area contributed by atoms with Gasteiger partial charge in [0, 0.05) is 19.3 Å². The third kappa shape index (κ3) is 3.13. The van der Waals surface area contributed by atoms with Crippen LogP contribution in [0.25, 0.3) is 0 Å². The van der Waals surface area contributed by atoms with Gasteiger partial charge in [0.05, 0.1) is 24.5 Å². The number of fused-ring (bicyclic) bond motifs is 1. The molecule has 0 aliphatic carbocycles. The third-order valence-electron chi connectivity index (χ3n) is 3.75. The van der Waals surface area contributed by atoms with E-state index in [9.17, 15) is 23.1 Å². The molecule has 1 atom stereocenters. The Hall–Kier alpha value is -2.20. The van der Waals surface area contributed by atoms with Crippen molar-refractivity contribution in [3.63, 3.8) is 0 Å². The lowest BCUT2D eigenvalue weighted by atomic mass is 10.1. The van der Waals surface area contributed by atoms with Gasteiger partial charge in [-0.25, -0.2) is 13.2 Å². The summed E-state index contributed by atoms with van der Waals surface area (Å²) in [6.07, 6.45) is 4.40. The van der Waals surface area contributed by atoms with Crippen LogP contribution in [0.2, 0.25) is 0 Å². The first-order valence-corrected chi connectivity index (χ1v) is 8.59. The average molecular weight is 341 g/mol. The number of rotatable bonds is 2. The number of carbonyl (C=O) groups is 2. The summed E-state index contributed by atoms with van der Waals surface area (Å²) in [6.45, 7) is 0.623. The minimum Gasteiger partial charge on any atom is -0.480 e. The van der Waals surface area contributed by atoms with Crippen LogP contribution in [0.4, 0.5) is 0 Å². The fourth-order valence-corrected chi connectivity index (χ4v) is 3.51. The van der Waals surface area contributed by atoms with E-state index in [4.69, 9.17) is 4.74 Å². The molecule has 3 rings (SSSR count). The third-order valence-corrected chi connectivity index (χ3v) is 4.91. The Morgan fingerprint density at radius 2 is 2.09 bits per heavy atom. The molecule has 0 spiro atoms. The molecule has 3 aliphatic heterocycles. The number of hydrogen-bond donors (Lipinski definition) is 1. The van der Waals surface area contributed by atoms with E-state index >= 15 is 0 Å². The van der Waals surface area contributed by atoms with Crippen LogP contribution in [0.15, 0.2) is 28.3 Å². The van der Waals surface area contributed by atoms with Gasteiger partial charge in [0.2, 0.25) is 0 Å². The SMILES string of the molecule is O=C(O)C1COCCN1C(=O)C1=CN2CCS(=O)(=O)N=C2C=C1. The number of carboxylic acid groups (broad SMARTS) is 1. The summed E-state index contributed by atoms with van der Waals surface area (Å²) in [5, 5.41) is 9.19. The van der Waals surface area contributed by atoms with Gasteiger partial charge in [0.1, 0.15) is 5.84 Å². The van der Waals surface area contributed by atoms with Crippen LogP contribution in [-0.2, 0) is 24.3 Å². The second-order valence-electron chi connectivity index (χ2n) is 5.27. The number of aliphatic carboxylic acids is 1. The lowest BCUT2D eigenvalue weighted by Crippen LogP contribution is -2.53. The topological polar surface area (TPSA) is 117 Å². The number of amides is 1. The molecule has 1 unspecified atom stereocenters. The van der Waals surface area contributed by atoms with Crippen molar-refractivity contribution in [3.05, 3.63) is 23.9 Å². The summed E-state index contributed by atoms with van der Waals surface area (Å²) in [5.74, 6) is -1.42. The first-order valence-electron chi connectivity index (χ1n) is 6.98. The molecule has 1 amide bonds. The monoisotopic (exact) mass is 341 g/mol. The molecule has 10 heteroatoms. The lowest BCUT2D eigenvalue weighted by Gasteiger charge is -2.34. The van der Waals surface area contributed by atoms with Crippen LogP contribution < -0.4 is 0 Å². The Balaban J connectivity index is 1.83. The molecule has 124 valence electrons. The first kappa shape index (κ1) is 15.7. The van der Waals surface area contributed by atoms with Crippen LogP contribution >= 0.6 is 0 Å². The Kier molecular flexibility index (Phi) is 3.94. The van der Waals surface area contributed by atoms with Crippen molar-refractivity contribution in [1.82, 2.24) is 9.80 Å². The molecule has 23 heavy (non-hydrogen) atoms. The molecule has 0 aromatic heterocycles. The number of carbonyl (C=O) groups excluding carboxylic acids is 1. The molecule has 1 N–H and O–H groups in total. The normalized spacial score (nSPS) is 26.2. The van der Waals surface area contributed by atoms with Gasteiger partial charge in [0.25, 0.3) is 15.9 Å². The number of sulfonamides is 1. The number of ether oxygens (including phenoxy) is 1. The standard InChI is InChI=1S/C13H15N3O6S/c17-12(16-3-5-22-8-10(16)13(18)19)9-1-2-11-14-23(20,21)6-4-15(11)7-9/h1-2,7,10H,3-6,8H2,(H,18,19). The minimum atomic E-state index is -3.46. The number of morpholine rings is 1. The second kappa shape index (κ2) is 5.78.